The van der Waals surface area contributed by atoms with Crippen LogP contribution in [0.3, 0.4) is 0 Å². The number of para-hydroxylation sites is 1. The van der Waals surface area contributed by atoms with Crippen molar-refractivity contribution in [3.8, 4) is 0 Å². The number of rotatable bonds is 3. The van der Waals surface area contributed by atoms with Gasteiger partial charge in [0.05, 0.1) is 30.0 Å². The zero-order chi connectivity index (χ0) is 15.1. The van der Waals surface area contributed by atoms with E-state index in [-0.39, 0.29) is 24.3 Å². The highest BCUT2D eigenvalue weighted by Gasteiger charge is 2.44. The van der Waals surface area contributed by atoms with Gasteiger partial charge < -0.3 is 10.4 Å². The Kier molecular flexibility index (Phi) is 3.13. The van der Waals surface area contributed by atoms with Gasteiger partial charge >= 0.3 is 0 Å². The number of nitrogens with zero attached hydrogens (tertiary/aromatic N) is 1. The molecule has 0 amide bonds. The van der Waals surface area contributed by atoms with Crippen LogP contribution in [0, 0.1) is 5.92 Å². The Hall–Kier alpha value is -2.30. The van der Waals surface area contributed by atoms with E-state index in [1.165, 1.54) is 0 Å². The van der Waals surface area contributed by atoms with E-state index >= 15 is 0 Å². The number of ketones is 1. The molecule has 0 bridgehead atoms. The molecule has 0 spiro atoms. The first-order chi connectivity index (χ1) is 10.8. The maximum Gasteiger partial charge on any atom is 0.174 e. The van der Waals surface area contributed by atoms with Crippen molar-refractivity contribution in [1.29, 1.82) is 0 Å². The van der Waals surface area contributed by atoms with Crippen LogP contribution in [0.1, 0.15) is 27.5 Å². The number of fused-ring (bicyclic) bond motifs is 4. The average Bonchev–Trinajstić information content (AvgIpc) is 2.85. The Morgan fingerprint density at radius 1 is 1.05 bits per heavy atom. The second-order valence-corrected chi connectivity index (χ2v) is 5.60. The highest BCUT2D eigenvalue weighted by atomic mass is 16.3. The lowest BCUT2D eigenvalue weighted by Crippen LogP contribution is -2.37. The number of carbonyl (C=O) groups is 1. The quantitative estimate of drug-likeness (QED) is 0.912. The summed E-state index contributed by atoms with van der Waals surface area (Å²) in [7, 11) is 0. The predicted octanol–water partition coefficient (Wildman–Crippen LogP) is 2.26. The fourth-order valence-electron chi connectivity index (χ4n) is 3.43. The molecule has 22 heavy (non-hydrogen) atoms. The van der Waals surface area contributed by atoms with Gasteiger partial charge in [0.25, 0.3) is 0 Å². The highest BCUT2D eigenvalue weighted by Crippen LogP contribution is 2.43. The minimum absolute atomic E-state index is 0.0407. The number of benzene rings is 2. The van der Waals surface area contributed by atoms with Crippen molar-refractivity contribution in [2.75, 3.05) is 13.2 Å². The third-order valence-electron chi connectivity index (χ3n) is 4.37. The first kappa shape index (κ1) is 13.4. The van der Waals surface area contributed by atoms with Crippen LogP contribution in [0.15, 0.2) is 53.5 Å². The topological polar surface area (TPSA) is 61.7 Å². The minimum atomic E-state index is -0.307. The van der Waals surface area contributed by atoms with Gasteiger partial charge in [0.15, 0.2) is 5.78 Å². The summed E-state index contributed by atoms with van der Waals surface area (Å²) in [5.41, 5.74) is 4.44. The molecule has 4 nitrogen and oxygen atoms in total. The normalized spacial score (nSPS) is 21.9. The Morgan fingerprint density at radius 3 is 2.59 bits per heavy atom. The number of Topliss-reactive ketones (excluding diaryl/α,β-unsaturated/α-hetero) is 1. The maximum absolute atomic E-state index is 12.8. The van der Waals surface area contributed by atoms with E-state index in [9.17, 15) is 4.79 Å². The Labute approximate surface area is 128 Å². The summed E-state index contributed by atoms with van der Waals surface area (Å²) in [5.74, 6) is -0.196. The van der Waals surface area contributed by atoms with Crippen molar-refractivity contribution >= 4 is 17.2 Å². The number of aliphatic imine (C=N–C) groups is 1. The van der Waals surface area contributed by atoms with Crippen LogP contribution in [0.2, 0.25) is 0 Å². The number of hydrogen-bond acceptors (Lipinski definition) is 4. The van der Waals surface area contributed by atoms with Gasteiger partial charge in [-0.3, -0.25) is 9.79 Å². The molecule has 110 valence electrons. The number of aliphatic hydroxyl groups is 1. The Balaban J connectivity index is 1.89. The Morgan fingerprint density at radius 2 is 1.77 bits per heavy atom. The van der Waals surface area contributed by atoms with E-state index < -0.39 is 0 Å². The van der Waals surface area contributed by atoms with Gasteiger partial charge in [-0.05, 0) is 11.6 Å². The van der Waals surface area contributed by atoms with Crippen LogP contribution in [-0.2, 0) is 0 Å². The van der Waals surface area contributed by atoms with Gasteiger partial charge in [-0.25, -0.2) is 0 Å². The summed E-state index contributed by atoms with van der Waals surface area (Å²) in [4.78, 5) is 17.6. The summed E-state index contributed by atoms with van der Waals surface area (Å²) >= 11 is 0. The van der Waals surface area contributed by atoms with Crippen molar-refractivity contribution < 1.29 is 9.90 Å². The van der Waals surface area contributed by atoms with Gasteiger partial charge in [0, 0.05) is 17.7 Å². The third-order valence-corrected chi connectivity index (χ3v) is 4.37. The lowest BCUT2D eigenvalue weighted by Gasteiger charge is -2.29. The molecule has 2 atom stereocenters. The molecule has 4 rings (SSSR count). The van der Waals surface area contributed by atoms with Crippen LogP contribution >= 0.6 is 0 Å². The summed E-state index contributed by atoms with van der Waals surface area (Å²) in [5, 5.41) is 12.5. The lowest BCUT2D eigenvalue weighted by molar-refractivity contribution is 0.0938. The summed E-state index contributed by atoms with van der Waals surface area (Å²) < 4.78 is 0. The standard InChI is InChI=1S/C18H16N2O2/c21-10-9-19-16-13-7-3-4-8-14(13)20-17-11-5-1-2-6-12(11)18(22)15(16)17/h1-8,15-16,19,21H,9-10H2. The molecule has 0 saturated heterocycles. The summed E-state index contributed by atoms with van der Waals surface area (Å²) in [6, 6.07) is 15.4. The van der Waals surface area contributed by atoms with E-state index in [2.05, 4.69) is 5.32 Å². The molecule has 0 radical (unpaired) electrons. The monoisotopic (exact) mass is 292 g/mol. The van der Waals surface area contributed by atoms with Gasteiger partial charge in [0.2, 0.25) is 0 Å². The molecule has 2 N–H and O–H groups in total. The number of carbonyl (C=O) groups excluding carboxylic acids is 1. The van der Waals surface area contributed by atoms with Crippen molar-refractivity contribution in [2.45, 2.75) is 6.04 Å². The highest BCUT2D eigenvalue weighted by molar-refractivity contribution is 6.29. The second kappa shape index (κ2) is 5.16. The Bertz CT molecular complexity index is 782. The second-order valence-electron chi connectivity index (χ2n) is 5.60. The minimum Gasteiger partial charge on any atom is -0.395 e. The smallest absolute Gasteiger partial charge is 0.174 e. The summed E-state index contributed by atoms with van der Waals surface area (Å²) in [6.07, 6.45) is 0. The molecule has 1 aliphatic carbocycles. The van der Waals surface area contributed by atoms with Crippen molar-refractivity contribution in [3.05, 3.63) is 65.2 Å². The molecule has 4 heteroatoms. The number of nitrogens with one attached hydrogen (secondary N) is 1. The first-order valence-electron chi connectivity index (χ1n) is 7.46. The lowest BCUT2D eigenvalue weighted by atomic mass is 9.85. The number of aliphatic hydroxyl groups excluding tert-OH is 1. The van der Waals surface area contributed by atoms with Crippen molar-refractivity contribution in [2.24, 2.45) is 10.9 Å². The van der Waals surface area contributed by atoms with Gasteiger partial charge in [-0.1, -0.05) is 42.5 Å². The van der Waals surface area contributed by atoms with Crippen LogP contribution in [-0.4, -0.2) is 29.8 Å². The maximum atomic E-state index is 12.8. The first-order valence-corrected chi connectivity index (χ1v) is 7.46. The van der Waals surface area contributed by atoms with Gasteiger partial charge in [-0.15, -0.1) is 0 Å². The number of hydrogen-bond donors (Lipinski definition) is 2. The molecule has 2 unspecified atom stereocenters. The van der Waals surface area contributed by atoms with Gasteiger partial charge in [-0.2, -0.15) is 0 Å². The average molecular weight is 292 g/mol. The van der Waals surface area contributed by atoms with E-state index in [0.29, 0.717) is 6.54 Å². The molecule has 2 aromatic rings. The molecule has 0 fully saturated rings. The largest absolute Gasteiger partial charge is 0.395 e. The molecule has 0 aromatic heterocycles. The predicted molar refractivity (Wildman–Crippen MR) is 84.7 cm³/mol. The van der Waals surface area contributed by atoms with Crippen LogP contribution < -0.4 is 5.32 Å². The van der Waals surface area contributed by atoms with Crippen molar-refractivity contribution in [3.63, 3.8) is 0 Å². The fourth-order valence-corrected chi connectivity index (χ4v) is 3.43. The van der Waals surface area contributed by atoms with E-state index in [1.54, 1.807) is 0 Å². The van der Waals surface area contributed by atoms with E-state index in [0.717, 1.165) is 28.1 Å². The molecule has 2 aliphatic rings. The zero-order valence-electron chi connectivity index (χ0n) is 12.0. The molecular formula is C18H16N2O2. The van der Waals surface area contributed by atoms with Gasteiger partial charge in [0.1, 0.15) is 0 Å². The molecule has 0 saturated carbocycles. The third kappa shape index (κ3) is 1.85. The van der Waals surface area contributed by atoms with E-state index in [4.69, 9.17) is 10.1 Å². The van der Waals surface area contributed by atoms with Crippen LogP contribution in [0.25, 0.3) is 0 Å². The molecule has 1 aliphatic heterocycles. The van der Waals surface area contributed by atoms with Crippen molar-refractivity contribution in [1.82, 2.24) is 5.32 Å². The summed E-state index contributed by atoms with van der Waals surface area (Å²) in [6.45, 7) is 0.491. The molecule has 1 heterocycles. The van der Waals surface area contributed by atoms with Crippen LogP contribution in [0.5, 0.6) is 0 Å². The zero-order valence-corrected chi connectivity index (χ0v) is 12.0. The fraction of sp³-hybridized carbons (Fsp3) is 0.222. The SMILES string of the molecule is O=C1c2ccccc2C2=Nc3ccccc3C(NCCO)C12. The van der Waals surface area contributed by atoms with E-state index in [1.807, 2.05) is 48.5 Å². The van der Waals surface area contributed by atoms with Crippen LogP contribution in [0.4, 0.5) is 5.69 Å². The molecule has 2 aromatic carbocycles. The molecular weight excluding hydrogens is 276 g/mol.